The van der Waals surface area contributed by atoms with Crippen LogP contribution in [0, 0.1) is 11.8 Å². The molecule has 2 aliphatic heterocycles. The Bertz CT molecular complexity index is 566. The molecule has 0 spiro atoms. The fourth-order valence-electron chi connectivity index (χ4n) is 3.82. The van der Waals surface area contributed by atoms with Crippen molar-refractivity contribution < 1.29 is 4.74 Å². The van der Waals surface area contributed by atoms with Crippen molar-refractivity contribution in [3.63, 3.8) is 0 Å². The summed E-state index contributed by atoms with van der Waals surface area (Å²) in [5.74, 6) is 2.50. The van der Waals surface area contributed by atoms with E-state index < -0.39 is 0 Å². The summed E-state index contributed by atoms with van der Waals surface area (Å²) < 4.78 is 5.36. The van der Waals surface area contributed by atoms with Gasteiger partial charge in [-0.15, -0.1) is 0 Å². The van der Waals surface area contributed by atoms with Crippen LogP contribution in [0.2, 0.25) is 0 Å². The van der Waals surface area contributed by atoms with E-state index in [1.54, 1.807) is 0 Å². The average Bonchev–Trinajstić information content (AvgIpc) is 2.62. The predicted molar refractivity (Wildman–Crippen MR) is 111 cm³/mol. The number of nitrogens with zero attached hydrogens (tertiary/aromatic N) is 3. The van der Waals surface area contributed by atoms with Gasteiger partial charge in [0.25, 0.3) is 0 Å². The standard InChI is InChI=1S/C19H31N5OS/c1-15-11-16(2)14-24(13-15)18-4-3-17(12-21-18)22-19(26)20-5-6-23-7-9-25-10-8-23/h3-4,12,15-16H,5-11,13-14H2,1-2H3,(H2,20,22,26). The minimum atomic E-state index is 0.646. The van der Waals surface area contributed by atoms with Crippen LogP contribution in [0.4, 0.5) is 11.5 Å². The van der Waals surface area contributed by atoms with Crippen LogP contribution < -0.4 is 15.5 Å². The van der Waals surface area contributed by atoms with Crippen LogP contribution in [0.25, 0.3) is 0 Å². The van der Waals surface area contributed by atoms with Crippen LogP contribution >= 0.6 is 12.2 Å². The van der Waals surface area contributed by atoms with E-state index in [-0.39, 0.29) is 0 Å². The lowest BCUT2D eigenvalue weighted by Crippen LogP contribution is -2.42. The van der Waals surface area contributed by atoms with Crippen molar-refractivity contribution in [1.29, 1.82) is 0 Å². The van der Waals surface area contributed by atoms with Crippen molar-refractivity contribution in [2.75, 3.05) is 62.7 Å². The first-order chi connectivity index (χ1) is 12.6. The molecule has 2 atom stereocenters. The quantitative estimate of drug-likeness (QED) is 0.763. The Morgan fingerprint density at radius 2 is 1.96 bits per heavy atom. The molecule has 2 unspecified atom stereocenters. The molecule has 0 radical (unpaired) electrons. The van der Waals surface area contributed by atoms with Crippen LogP contribution in [-0.2, 0) is 4.74 Å². The third kappa shape index (κ3) is 5.79. The summed E-state index contributed by atoms with van der Waals surface area (Å²) in [4.78, 5) is 9.41. The highest BCUT2D eigenvalue weighted by molar-refractivity contribution is 7.80. The molecule has 1 aromatic heterocycles. The average molecular weight is 378 g/mol. The summed E-state index contributed by atoms with van der Waals surface area (Å²) in [6.07, 6.45) is 3.18. The van der Waals surface area contributed by atoms with E-state index in [2.05, 4.69) is 51.4 Å². The predicted octanol–water partition coefficient (Wildman–Crippen LogP) is 2.18. The molecule has 0 aliphatic carbocycles. The fourth-order valence-corrected chi connectivity index (χ4v) is 4.04. The summed E-state index contributed by atoms with van der Waals surface area (Å²) in [7, 11) is 0. The summed E-state index contributed by atoms with van der Waals surface area (Å²) in [5.41, 5.74) is 0.927. The van der Waals surface area contributed by atoms with Crippen molar-refractivity contribution in [2.45, 2.75) is 20.3 Å². The third-order valence-corrected chi connectivity index (χ3v) is 5.26. The minimum absolute atomic E-state index is 0.646. The Labute approximate surface area is 162 Å². The number of aromatic nitrogens is 1. The van der Waals surface area contributed by atoms with Crippen molar-refractivity contribution in [2.24, 2.45) is 11.8 Å². The molecule has 2 fully saturated rings. The van der Waals surface area contributed by atoms with Gasteiger partial charge in [-0.2, -0.15) is 0 Å². The van der Waals surface area contributed by atoms with Crippen LogP contribution in [-0.4, -0.2) is 67.5 Å². The zero-order valence-electron chi connectivity index (χ0n) is 15.9. The van der Waals surface area contributed by atoms with Gasteiger partial charge in [-0.25, -0.2) is 4.98 Å². The number of rotatable bonds is 5. The largest absolute Gasteiger partial charge is 0.379 e. The van der Waals surface area contributed by atoms with Gasteiger partial charge in [0, 0.05) is 39.3 Å². The zero-order chi connectivity index (χ0) is 18.4. The number of pyridine rings is 1. The molecule has 2 N–H and O–H groups in total. The SMILES string of the molecule is CC1CC(C)CN(c2ccc(NC(=S)NCCN3CCOCC3)cn2)C1. The first kappa shape index (κ1) is 19.3. The molecule has 26 heavy (non-hydrogen) atoms. The highest BCUT2D eigenvalue weighted by atomic mass is 32.1. The van der Waals surface area contributed by atoms with Gasteiger partial charge in [0.1, 0.15) is 5.82 Å². The van der Waals surface area contributed by atoms with Crippen LogP contribution in [0.15, 0.2) is 18.3 Å². The lowest BCUT2D eigenvalue weighted by molar-refractivity contribution is 0.0389. The highest BCUT2D eigenvalue weighted by Crippen LogP contribution is 2.25. The monoisotopic (exact) mass is 377 g/mol. The highest BCUT2D eigenvalue weighted by Gasteiger charge is 2.22. The van der Waals surface area contributed by atoms with Gasteiger partial charge >= 0.3 is 0 Å². The maximum Gasteiger partial charge on any atom is 0.170 e. The van der Waals surface area contributed by atoms with Gasteiger partial charge in [-0.1, -0.05) is 13.8 Å². The van der Waals surface area contributed by atoms with Crippen molar-refractivity contribution in [3.05, 3.63) is 18.3 Å². The van der Waals surface area contributed by atoms with Crippen LogP contribution in [0.3, 0.4) is 0 Å². The second-order valence-electron chi connectivity index (χ2n) is 7.59. The maximum absolute atomic E-state index is 5.39. The molecule has 3 heterocycles. The summed E-state index contributed by atoms with van der Waals surface area (Å²) in [6, 6.07) is 4.14. The maximum atomic E-state index is 5.39. The van der Waals surface area contributed by atoms with Crippen molar-refractivity contribution in [3.8, 4) is 0 Å². The molecule has 2 aliphatic rings. The molecule has 144 valence electrons. The number of hydrogen-bond donors (Lipinski definition) is 2. The van der Waals surface area contributed by atoms with E-state index in [0.717, 1.165) is 75.8 Å². The van der Waals surface area contributed by atoms with Gasteiger partial charge in [0.05, 0.1) is 25.1 Å². The Balaban J connectivity index is 1.42. The molecule has 0 saturated carbocycles. The Morgan fingerprint density at radius 1 is 1.23 bits per heavy atom. The van der Waals surface area contributed by atoms with E-state index >= 15 is 0 Å². The molecule has 3 rings (SSSR count). The summed E-state index contributed by atoms with van der Waals surface area (Å²) in [5, 5.41) is 7.14. The normalized spacial score (nSPS) is 24.3. The second-order valence-corrected chi connectivity index (χ2v) is 8.00. The van der Waals surface area contributed by atoms with E-state index in [1.165, 1.54) is 6.42 Å². The minimum Gasteiger partial charge on any atom is -0.379 e. The zero-order valence-corrected chi connectivity index (χ0v) is 16.7. The number of hydrogen-bond acceptors (Lipinski definition) is 5. The van der Waals surface area contributed by atoms with Gasteiger partial charge in [-0.3, -0.25) is 4.90 Å². The number of ether oxygens (including phenoxy) is 1. The molecule has 0 amide bonds. The lowest BCUT2D eigenvalue weighted by Gasteiger charge is -2.35. The molecule has 2 saturated heterocycles. The van der Waals surface area contributed by atoms with Gasteiger partial charge < -0.3 is 20.3 Å². The van der Waals surface area contributed by atoms with E-state index in [1.807, 2.05) is 6.20 Å². The first-order valence-electron chi connectivity index (χ1n) is 9.66. The number of nitrogens with one attached hydrogen (secondary N) is 2. The smallest absolute Gasteiger partial charge is 0.170 e. The van der Waals surface area contributed by atoms with Crippen LogP contribution in [0.1, 0.15) is 20.3 Å². The third-order valence-electron chi connectivity index (χ3n) is 5.02. The number of thiocarbonyl (C=S) groups is 1. The molecule has 7 heteroatoms. The van der Waals surface area contributed by atoms with Gasteiger partial charge in [0.15, 0.2) is 5.11 Å². The Morgan fingerprint density at radius 3 is 2.62 bits per heavy atom. The molecular formula is C19H31N5OS. The van der Waals surface area contributed by atoms with E-state index in [9.17, 15) is 0 Å². The summed E-state index contributed by atoms with van der Waals surface area (Å²) >= 11 is 5.39. The number of piperidine rings is 1. The van der Waals surface area contributed by atoms with Crippen molar-refractivity contribution in [1.82, 2.24) is 15.2 Å². The van der Waals surface area contributed by atoms with E-state index in [4.69, 9.17) is 17.0 Å². The summed E-state index contributed by atoms with van der Waals surface area (Å²) in [6.45, 7) is 12.3. The Hall–Kier alpha value is -1.44. The topological polar surface area (TPSA) is 52.7 Å². The fraction of sp³-hybridized carbons (Fsp3) is 0.684. The number of anilines is 2. The first-order valence-corrected chi connectivity index (χ1v) is 10.1. The second kappa shape index (κ2) is 9.48. The molecule has 0 aromatic carbocycles. The molecule has 1 aromatic rings. The van der Waals surface area contributed by atoms with Crippen LogP contribution in [0.5, 0.6) is 0 Å². The van der Waals surface area contributed by atoms with Gasteiger partial charge in [-0.05, 0) is 42.6 Å². The van der Waals surface area contributed by atoms with Gasteiger partial charge in [0.2, 0.25) is 0 Å². The lowest BCUT2D eigenvalue weighted by atomic mass is 9.92. The number of morpholine rings is 1. The molecular weight excluding hydrogens is 346 g/mol. The molecule has 6 nitrogen and oxygen atoms in total. The Kier molecular flexibility index (Phi) is 7.05. The van der Waals surface area contributed by atoms with E-state index in [0.29, 0.717) is 5.11 Å². The molecule has 0 bridgehead atoms. The van der Waals surface area contributed by atoms with Crippen molar-refractivity contribution >= 4 is 28.8 Å².